The van der Waals surface area contributed by atoms with Gasteiger partial charge in [-0.2, -0.15) is 0 Å². The number of nitrogens with zero attached hydrogens (tertiary/aromatic N) is 4. The summed E-state index contributed by atoms with van der Waals surface area (Å²) < 4.78 is 7.28. The minimum absolute atomic E-state index is 0.161. The monoisotopic (exact) mass is 437 g/mol. The molecule has 0 spiro atoms. The van der Waals surface area contributed by atoms with E-state index in [-0.39, 0.29) is 11.7 Å². The summed E-state index contributed by atoms with van der Waals surface area (Å²) in [6.07, 6.45) is 3.38. The van der Waals surface area contributed by atoms with Gasteiger partial charge in [-0.3, -0.25) is 9.36 Å². The number of aryl methyl sites for hydroxylation is 1. The molecule has 7 nitrogen and oxygen atoms in total. The minimum Gasteiger partial charge on any atom is -0.463 e. The Bertz CT molecular complexity index is 1160. The number of carbonyl (C=O) groups is 1. The van der Waals surface area contributed by atoms with E-state index in [2.05, 4.69) is 33.1 Å². The summed E-state index contributed by atoms with van der Waals surface area (Å²) in [6.45, 7) is 6.41. The Hall–Kier alpha value is -3.17. The van der Waals surface area contributed by atoms with Crippen molar-refractivity contribution in [3.8, 4) is 22.8 Å². The third kappa shape index (κ3) is 4.52. The predicted octanol–water partition coefficient (Wildman–Crippen LogP) is 4.89. The van der Waals surface area contributed by atoms with Gasteiger partial charge in [0.2, 0.25) is 5.91 Å². The molecule has 0 saturated heterocycles. The first-order valence-electron chi connectivity index (χ1n) is 9.17. The minimum atomic E-state index is -0.161. The van der Waals surface area contributed by atoms with Crippen molar-refractivity contribution in [2.75, 3.05) is 11.1 Å². The van der Waals surface area contributed by atoms with Gasteiger partial charge in [0.05, 0.1) is 12.0 Å². The van der Waals surface area contributed by atoms with Gasteiger partial charge in [-0.05, 0) is 25.1 Å². The Morgan fingerprint density at radius 2 is 2.23 bits per heavy atom. The van der Waals surface area contributed by atoms with Gasteiger partial charge < -0.3 is 9.73 Å². The lowest BCUT2D eigenvalue weighted by atomic mass is 10.1. The van der Waals surface area contributed by atoms with Crippen LogP contribution in [-0.2, 0) is 11.3 Å². The molecule has 0 bridgehead atoms. The van der Waals surface area contributed by atoms with Crippen molar-refractivity contribution < 1.29 is 9.21 Å². The second-order valence-corrected chi connectivity index (χ2v) is 8.23. The van der Waals surface area contributed by atoms with Crippen molar-refractivity contribution >= 4 is 34.1 Å². The lowest BCUT2D eigenvalue weighted by molar-refractivity contribution is -0.113. The summed E-state index contributed by atoms with van der Waals surface area (Å²) in [7, 11) is 0. The van der Waals surface area contributed by atoms with Crippen LogP contribution in [-0.4, -0.2) is 31.4 Å². The molecule has 0 atom stereocenters. The molecule has 0 aliphatic carbocycles. The van der Waals surface area contributed by atoms with E-state index >= 15 is 0 Å². The van der Waals surface area contributed by atoms with Crippen LogP contribution in [0.1, 0.15) is 5.56 Å². The molecule has 152 valence electrons. The van der Waals surface area contributed by atoms with Crippen molar-refractivity contribution in [1.29, 1.82) is 0 Å². The van der Waals surface area contributed by atoms with E-state index in [1.807, 2.05) is 41.1 Å². The number of anilines is 1. The van der Waals surface area contributed by atoms with E-state index in [1.165, 1.54) is 23.1 Å². The number of furan rings is 1. The fourth-order valence-electron chi connectivity index (χ4n) is 2.84. The Morgan fingerprint density at radius 3 is 3.00 bits per heavy atom. The molecule has 0 radical (unpaired) electrons. The number of thioether (sulfide) groups is 1. The fraction of sp³-hybridized carbons (Fsp3) is 0.143. The number of nitrogens with one attached hydrogen (secondary N) is 1. The zero-order chi connectivity index (χ0) is 20.9. The second kappa shape index (κ2) is 9.10. The molecule has 1 aromatic carbocycles. The maximum absolute atomic E-state index is 12.4. The van der Waals surface area contributed by atoms with Gasteiger partial charge in [-0.15, -0.1) is 28.1 Å². The third-order valence-electron chi connectivity index (χ3n) is 4.16. The van der Waals surface area contributed by atoms with Crippen molar-refractivity contribution in [2.24, 2.45) is 0 Å². The van der Waals surface area contributed by atoms with Gasteiger partial charge >= 0.3 is 0 Å². The number of hydrogen-bond donors (Lipinski definition) is 1. The molecule has 3 aromatic heterocycles. The number of carbonyl (C=O) groups excluding carboxylic acids is 1. The van der Waals surface area contributed by atoms with Gasteiger partial charge in [-0.25, -0.2) is 4.98 Å². The highest BCUT2D eigenvalue weighted by molar-refractivity contribution is 7.99. The first kappa shape index (κ1) is 20.1. The average molecular weight is 438 g/mol. The highest BCUT2D eigenvalue weighted by Gasteiger charge is 2.16. The normalized spacial score (nSPS) is 10.8. The number of rotatable bonds is 8. The SMILES string of the molecule is C=CCn1c(SCC(=O)Nc2nc(-c3ccco3)cs2)nnc1-c1cccc(C)c1. The molecular formula is C21H19N5O2S2. The quantitative estimate of drug-likeness (QED) is 0.312. The van der Waals surface area contributed by atoms with Crippen LogP contribution in [0, 0.1) is 6.92 Å². The molecule has 0 fully saturated rings. The van der Waals surface area contributed by atoms with E-state index in [1.54, 1.807) is 18.4 Å². The average Bonchev–Trinajstić information content (AvgIpc) is 3.48. The molecule has 4 rings (SSSR count). The van der Waals surface area contributed by atoms with Crippen LogP contribution in [0.4, 0.5) is 5.13 Å². The Balaban J connectivity index is 1.43. The molecule has 1 amide bonds. The lowest BCUT2D eigenvalue weighted by Crippen LogP contribution is -2.14. The first-order valence-corrected chi connectivity index (χ1v) is 11.0. The number of amides is 1. The lowest BCUT2D eigenvalue weighted by Gasteiger charge is -2.08. The van der Waals surface area contributed by atoms with Crippen molar-refractivity contribution in [1.82, 2.24) is 19.7 Å². The highest BCUT2D eigenvalue weighted by Crippen LogP contribution is 2.27. The van der Waals surface area contributed by atoms with Crippen LogP contribution in [0.15, 0.2) is 70.3 Å². The van der Waals surface area contributed by atoms with Gasteiger partial charge in [0.1, 0.15) is 5.69 Å². The smallest absolute Gasteiger partial charge is 0.236 e. The Labute approximate surface area is 181 Å². The predicted molar refractivity (Wildman–Crippen MR) is 120 cm³/mol. The zero-order valence-electron chi connectivity index (χ0n) is 16.2. The van der Waals surface area contributed by atoms with E-state index in [0.717, 1.165) is 17.0 Å². The van der Waals surface area contributed by atoms with Crippen LogP contribution < -0.4 is 5.32 Å². The summed E-state index contributed by atoms with van der Waals surface area (Å²) in [5, 5.41) is 14.5. The van der Waals surface area contributed by atoms with Crippen molar-refractivity contribution in [3.63, 3.8) is 0 Å². The molecule has 0 unspecified atom stereocenters. The van der Waals surface area contributed by atoms with Gasteiger partial charge in [0.15, 0.2) is 21.9 Å². The van der Waals surface area contributed by atoms with E-state index < -0.39 is 0 Å². The Kier molecular flexibility index (Phi) is 6.10. The summed E-state index contributed by atoms with van der Waals surface area (Å²) in [4.78, 5) is 16.8. The van der Waals surface area contributed by atoms with Crippen LogP contribution in [0.3, 0.4) is 0 Å². The number of allylic oxidation sites excluding steroid dienone is 1. The summed E-state index contributed by atoms with van der Waals surface area (Å²) in [5.74, 6) is 1.45. The second-order valence-electron chi connectivity index (χ2n) is 6.43. The van der Waals surface area contributed by atoms with Gasteiger partial charge in [-0.1, -0.05) is 41.6 Å². The molecule has 3 heterocycles. The summed E-state index contributed by atoms with van der Waals surface area (Å²) in [5.41, 5.74) is 2.82. The van der Waals surface area contributed by atoms with Crippen LogP contribution >= 0.6 is 23.1 Å². The molecule has 0 saturated carbocycles. The van der Waals surface area contributed by atoms with Crippen LogP contribution in [0.5, 0.6) is 0 Å². The van der Waals surface area contributed by atoms with Crippen molar-refractivity contribution in [3.05, 3.63) is 66.3 Å². The van der Waals surface area contributed by atoms with E-state index in [4.69, 9.17) is 4.42 Å². The summed E-state index contributed by atoms with van der Waals surface area (Å²) >= 11 is 2.68. The van der Waals surface area contributed by atoms with Crippen LogP contribution in [0.25, 0.3) is 22.8 Å². The largest absolute Gasteiger partial charge is 0.463 e. The van der Waals surface area contributed by atoms with Crippen molar-refractivity contribution in [2.45, 2.75) is 18.6 Å². The molecule has 1 N–H and O–H groups in total. The molecule has 0 aliphatic heterocycles. The maximum atomic E-state index is 12.4. The zero-order valence-corrected chi connectivity index (χ0v) is 17.9. The molecule has 9 heteroatoms. The van der Waals surface area contributed by atoms with Gasteiger partial charge in [0, 0.05) is 17.5 Å². The highest BCUT2D eigenvalue weighted by atomic mass is 32.2. The number of aromatic nitrogens is 4. The van der Waals surface area contributed by atoms with E-state index in [0.29, 0.717) is 28.3 Å². The standard InChI is InChI=1S/C21H19N5O2S2/c1-3-9-26-19(15-7-4-6-14(2)11-15)24-25-21(26)30-13-18(27)23-20-22-16(12-29-20)17-8-5-10-28-17/h3-8,10-12H,1,9,13H2,2H3,(H,22,23,27). The van der Waals surface area contributed by atoms with Crippen LogP contribution in [0.2, 0.25) is 0 Å². The fourth-order valence-corrected chi connectivity index (χ4v) is 4.30. The molecule has 30 heavy (non-hydrogen) atoms. The Morgan fingerprint density at radius 1 is 1.33 bits per heavy atom. The maximum Gasteiger partial charge on any atom is 0.236 e. The third-order valence-corrected chi connectivity index (χ3v) is 5.89. The first-order chi connectivity index (χ1) is 14.6. The number of hydrogen-bond acceptors (Lipinski definition) is 7. The number of benzene rings is 1. The topological polar surface area (TPSA) is 85.8 Å². The molecular weight excluding hydrogens is 418 g/mol. The molecule has 4 aromatic rings. The van der Waals surface area contributed by atoms with E-state index in [9.17, 15) is 4.79 Å². The van der Waals surface area contributed by atoms with Gasteiger partial charge in [0.25, 0.3) is 0 Å². The number of thiazole rings is 1. The summed E-state index contributed by atoms with van der Waals surface area (Å²) in [6, 6.07) is 11.7. The molecule has 0 aliphatic rings.